The predicted molar refractivity (Wildman–Crippen MR) is 90.3 cm³/mol. The van der Waals surface area contributed by atoms with E-state index in [-0.39, 0.29) is 12.3 Å². The molecule has 2 N–H and O–H groups in total. The molecule has 0 bridgehead atoms. The van der Waals surface area contributed by atoms with Crippen LogP contribution in [0.15, 0.2) is 61.1 Å². The van der Waals surface area contributed by atoms with Gasteiger partial charge >= 0.3 is 12.6 Å². The maximum atomic E-state index is 12.2. The molecule has 0 aliphatic rings. The second-order valence-electron chi connectivity index (χ2n) is 5.15. The van der Waals surface area contributed by atoms with Crippen molar-refractivity contribution in [1.29, 1.82) is 0 Å². The largest absolute Gasteiger partial charge is 0.435 e. The van der Waals surface area contributed by atoms with E-state index in [9.17, 15) is 13.6 Å². The second kappa shape index (κ2) is 8.06. The number of ether oxygens (including phenoxy) is 1. The SMILES string of the molecule is O=C(NCc1cccnc1-n1cccn1)Nc1cccc(OC(F)F)c1. The Morgan fingerprint density at radius 1 is 1.19 bits per heavy atom. The molecule has 2 amide bonds. The van der Waals surface area contributed by atoms with Gasteiger partial charge in [0.05, 0.1) is 0 Å². The van der Waals surface area contributed by atoms with Crippen molar-refractivity contribution in [3.05, 3.63) is 66.6 Å². The van der Waals surface area contributed by atoms with Crippen LogP contribution in [0.2, 0.25) is 0 Å². The average Bonchev–Trinajstić information content (AvgIpc) is 3.14. The first-order valence-electron chi connectivity index (χ1n) is 7.65. The number of carbonyl (C=O) groups excluding carboxylic acids is 1. The molecule has 0 aliphatic heterocycles. The molecule has 2 aromatic heterocycles. The molecule has 0 unspecified atom stereocenters. The normalized spacial score (nSPS) is 10.6. The number of amides is 2. The van der Waals surface area contributed by atoms with Crippen LogP contribution in [-0.4, -0.2) is 27.4 Å². The molecule has 2 heterocycles. The van der Waals surface area contributed by atoms with Gasteiger partial charge in [0.15, 0.2) is 5.82 Å². The van der Waals surface area contributed by atoms with Crippen molar-refractivity contribution in [1.82, 2.24) is 20.1 Å². The van der Waals surface area contributed by atoms with Gasteiger partial charge in [-0.25, -0.2) is 14.5 Å². The summed E-state index contributed by atoms with van der Waals surface area (Å²) < 4.78 is 30.4. The minimum absolute atomic E-state index is 0.0361. The zero-order chi connectivity index (χ0) is 18.4. The Kier molecular flexibility index (Phi) is 5.37. The zero-order valence-electron chi connectivity index (χ0n) is 13.5. The summed E-state index contributed by atoms with van der Waals surface area (Å²) in [7, 11) is 0. The fourth-order valence-electron chi connectivity index (χ4n) is 2.27. The summed E-state index contributed by atoms with van der Waals surface area (Å²) in [6.07, 6.45) is 5.02. The Labute approximate surface area is 147 Å². The van der Waals surface area contributed by atoms with Gasteiger partial charge in [-0.05, 0) is 24.3 Å². The minimum Gasteiger partial charge on any atom is -0.435 e. The number of urea groups is 1. The van der Waals surface area contributed by atoms with Crippen molar-refractivity contribution in [3.63, 3.8) is 0 Å². The molecule has 7 nitrogen and oxygen atoms in total. The fraction of sp³-hybridized carbons (Fsp3) is 0.118. The van der Waals surface area contributed by atoms with Crippen molar-refractivity contribution < 1.29 is 18.3 Å². The van der Waals surface area contributed by atoms with Gasteiger partial charge < -0.3 is 15.4 Å². The van der Waals surface area contributed by atoms with Crippen molar-refractivity contribution in [2.75, 3.05) is 5.32 Å². The molecule has 0 saturated heterocycles. The van der Waals surface area contributed by atoms with E-state index >= 15 is 0 Å². The highest BCUT2D eigenvalue weighted by molar-refractivity contribution is 5.89. The van der Waals surface area contributed by atoms with Crippen LogP contribution in [-0.2, 0) is 6.54 Å². The molecule has 3 rings (SSSR count). The molecule has 0 atom stereocenters. The molecule has 0 radical (unpaired) electrons. The number of nitrogens with one attached hydrogen (secondary N) is 2. The Bertz CT molecular complexity index is 871. The molecule has 0 fully saturated rings. The third-order valence-corrected chi connectivity index (χ3v) is 3.35. The van der Waals surface area contributed by atoms with E-state index in [1.807, 2.05) is 6.07 Å². The summed E-state index contributed by atoms with van der Waals surface area (Å²) in [6, 6.07) is 10.6. The van der Waals surface area contributed by atoms with Gasteiger partial charge in [0.2, 0.25) is 0 Å². The summed E-state index contributed by atoms with van der Waals surface area (Å²) >= 11 is 0. The number of halogens is 2. The molecule has 3 aromatic rings. The van der Waals surface area contributed by atoms with Crippen LogP contribution in [0.4, 0.5) is 19.3 Å². The van der Waals surface area contributed by atoms with E-state index in [0.29, 0.717) is 11.5 Å². The average molecular weight is 359 g/mol. The van der Waals surface area contributed by atoms with Crippen LogP contribution in [0.25, 0.3) is 5.82 Å². The zero-order valence-corrected chi connectivity index (χ0v) is 13.5. The monoisotopic (exact) mass is 359 g/mol. The number of hydrogen-bond donors (Lipinski definition) is 2. The number of rotatable bonds is 6. The van der Waals surface area contributed by atoms with Gasteiger partial charge in [-0.2, -0.15) is 13.9 Å². The Morgan fingerprint density at radius 3 is 2.85 bits per heavy atom. The van der Waals surface area contributed by atoms with E-state index in [2.05, 4.69) is 25.5 Å². The number of carbonyl (C=O) groups is 1. The number of aromatic nitrogens is 3. The quantitative estimate of drug-likeness (QED) is 0.708. The van der Waals surface area contributed by atoms with Crippen LogP contribution in [0.1, 0.15) is 5.56 Å². The van der Waals surface area contributed by atoms with Crippen LogP contribution >= 0.6 is 0 Å². The van der Waals surface area contributed by atoms with Gasteiger partial charge in [-0.1, -0.05) is 12.1 Å². The molecule has 0 saturated carbocycles. The first kappa shape index (κ1) is 17.3. The first-order valence-corrected chi connectivity index (χ1v) is 7.65. The lowest BCUT2D eigenvalue weighted by molar-refractivity contribution is -0.0497. The van der Waals surface area contributed by atoms with Gasteiger partial charge in [0.1, 0.15) is 5.75 Å². The van der Waals surface area contributed by atoms with Gasteiger partial charge in [-0.15, -0.1) is 0 Å². The lowest BCUT2D eigenvalue weighted by Gasteiger charge is -2.11. The number of nitrogens with zero attached hydrogens (tertiary/aromatic N) is 3. The fourth-order valence-corrected chi connectivity index (χ4v) is 2.27. The standard InChI is InChI=1S/C17H15F2N5O2/c18-16(19)26-14-6-1-5-13(10-14)23-17(25)21-11-12-4-2-7-20-15(12)24-9-3-8-22-24/h1-10,16H,11H2,(H2,21,23,25). The molecule has 1 aromatic carbocycles. The summed E-state index contributed by atoms with van der Waals surface area (Å²) in [5, 5.41) is 9.38. The third-order valence-electron chi connectivity index (χ3n) is 3.35. The summed E-state index contributed by atoms with van der Waals surface area (Å²) in [5.41, 5.74) is 1.10. The Morgan fingerprint density at radius 2 is 2.08 bits per heavy atom. The smallest absolute Gasteiger partial charge is 0.387 e. The topological polar surface area (TPSA) is 81.1 Å². The van der Waals surface area contributed by atoms with Gasteiger partial charge in [0, 0.05) is 42.5 Å². The van der Waals surface area contributed by atoms with Crippen molar-refractivity contribution in [2.45, 2.75) is 13.2 Å². The highest BCUT2D eigenvalue weighted by Crippen LogP contribution is 2.19. The summed E-state index contributed by atoms with van der Waals surface area (Å²) in [4.78, 5) is 16.3. The van der Waals surface area contributed by atoms with E-state index in [1.54, 1.807) is 41.5 Å². The minimum atomic E-state index is -2.93. The van der Waals surface area contributed by atoms with Crippen molar-refractivity contribution in [3.8, 4) is 11.6 Å². The number of alkyl halides is 2. The lowest BCUT2D eigenvalue weighted by Crippen LogP contribution is -2.28. The summed E-state index contributed by atoms with van der Waals surface area (Å²) in [5.74, 6) is 0.566. The Balaban J connectivity index is 1.62. The number of benzene rings is 1. The first-order chi connectivity index (χ1) is 12.6. The second-order valence-corrected chi connectivity index (χ2v) is 5.15. The maximum Gasteiger partial charge on any atom is 0.387 e. The van der Waals surface area contributed by atoms with Crippen molar-refractivity contribution in [2.24, 2.45) is 0 Å². The van der Waals surface area contributed by atoms with E-state index in [1.165, 1.54) is 18.2 Å². The molecular weight excluding hydrogens is 344 g/mol. The molecule has 0 spiro atoms. The molecule has 9 heteroatoms. The number of anilines is 1. The van der Waals surface area contributed by atoms with Gasteiger partial charge in [0.25, 0.3) is 0 Å². The number of pyridine rings is 1. The highest BCUT2D eigenvalue weighted by atomic mass is 19.3. The molecular formula is C17H15F2N5O2. The Hall–Kier alpha value is -3.49. The predicted octanol–water partition coefficient (Wildman–Crippen LogP) is 3.19. The maximum absolute atomic E-state index is 12.2. The molecule has 134 valence electrons. The van der Waals surface area contributed by atoms with E-state index < -0.39 is 12.6 Å². The summed E-state index contributed by atoms with van der Waals surface area (Å²) in [6.45, 7) is -2.72. The van der Waals surface area contributed by atoms with E-state index in [0.717, 1.165) is 5.56 Å². The van der Waals surface area contributed by atoms with Gasteiger partial charge in [-0.3, -0.25) is 0 Å². The number of hydrogen-bond acceptors (Lipinski definition) is 4. The molecule has 0 aliphatic carbocycles. The van der Waals surface area contributed by atoms with Crippen molar-refractivity contribution >= 4 is 11.7 Å². The highest BCUT2D eigenvalue weighted by Gasteiger charge is 2.09. The van der Waals surface area contributed by atoms with Crippen LogP contribution in [0, 0.1) is 0 Å². The molecule has 26 heavy (non-hydrogen) atoms. The third kappa shape index (κ3) is 4.53. The van der Waals surface area contributed by atoms with Crippen LogP contribution in [0.5, 0.6) is 5.75 Å². The van der Waals surface area contributed by atoms with Crippen LogP contribution < -0.4 is 15.4 Å². The lowest BCUT2D eigenvalue weighted by atomic mass is 10.2. The van der Waals surface area contributed by atoms with E-state index in [4.69, 9.17) is 0 Å². The van der Waals surface area contributed by atoms with Crippen LogP contribution in [0.3, 0.4) is 0 Å².